The maximum atomic E-state index is 13.4. The number of halogens is 2. The van der Waals surface area contributed by atoms with Crippen molar-refractivity contribution >= 4 is 9.84 Å². The Bertz CT molecular complexity index is 1150. The summed E-state index contributed by atoms with van der Waals surface area (Å²) in [6.45, 7) is 2.11. The van der Waals surface area contributed by atoms with Gasteiger partial charge in [0.05, 0.1) is 4.90 Å². The van der Waals surface area contributed by atoms with Crippen molar-refractivity contribution < 1.29 is 17.2 Å². The van der Waals surface area contributed by atoms with E-state index in [4.69, 9.17) is 0 Å². The quantitative estimate of drug-likeness (QED) is 0.411. The maximum absolute atomic E-state index is 13.4. The summed E-state index contributed by atoms with van der Waals surface area (Å²) in [6.07, 6.45) is 4.03. The molecule has 0 spiro atoms. The van der Waals surface area contributed by atoms with Crippen LogP contribution in [0.5, 0.6) is 0 Å². The van der Waals surface area contributed by atoms with Crippen molar-refractivity contribution in [2.75, 3.05) is 19.6 Å². The van der Waals surface area contributed by atoms with E-state index in [9.17, 15) is 17.2 Å². The van der Waals surface area contributed by atoms with Gasteiger partial charge in [0.25, 0.3) is 0 Å². The molecular weight excluding hydrogens is 440 g/mol. The molecule has 0 saturated heterocycles. The largest absolute Gasteiger partial charge is 0.299 e. The van der Waals surface area contributed by atoms with Crippen LogP contribution in [-0.4, -0.2) is 33.0 Å². The molecule has 33 heavy (non-hydrogen) atoms. The maximum Gasteiger partial charge on any atom is 0.202 e. The summed E-state index contributed by atoms with van der Waals surface area (Å²) in [5, 5.41) is 0. The average Bonchev–Trinajstić information content (AvgIpc) is 2.84. The molecule has 6 heteroatoms. The molecule has 3 aromatic rings. The standard InChI is InChI=1S/C27H27F2NO2S/c28-23-12-8-21(9-13-23)27(22-10-14-24(29)15-11-22)7-4-18-30-19-16-26(17-20-30)33(31,32)25-5-2-1-3-6-25/h1-3,5-6,8-16,27H,4,7,17-20H2. The Hall–Kier alpha value is -2.83. The Morgan fingerprint density at radius 3 is 1.91 bits per heavy atom. The fourth-order valence-electron chi connectivity index (χ4n) is 4.33. The molecule has 1 aliphatic heterocycles. The van der Waals surface area contributed by atoms with E-state index in [1.165, 1.54) is 24.3 Å². The molecule has 0 amide bonds. The highest BCUT2D eigenvalue weighted by Gasteiger charge is 2.24. The van der Waals surface area contributed by atoms with Crippen LogP contribution in [0.25, 0.3) is 0 Å². The van der Waals surface area contributed by atoms with Crippen molar-refractivity contribution in [2.24, 2.45) is 0 Å². The first-order chi connectivity index (χ1) is 15.9. The third kappa shape index (κ3) is 5.75. The van der Waals surface area contributed by atoms with E-state index >= 15 is 0 Å². The van der Waals surface area contributed by atoms with Gasteiger partial charge in [-0.15, -0.1) is 0 Å². The second kappa shape index (κ2) is 10.4. The molecular formula is C27H27F2NO2S. The fourth-order valence-corrected chi connectivity index (χ4v) is 5.80. The Balaban J connectivity index is 1.39. The van der Waals surface area contributed by atoms with Crippen LogP contribution >= 0.6 is 0 Å². The summed E-state index contributed by atoms with van der Waals surface area (Å²) in [5.41, 5.74) is 2.00. The zero-order valence-electron chi connectivity index (χ0n) is 18.3. The van der Waals surface area contributed by atoms with Crippen LogP contribution in [0.15, 0.2) is 94.7 Å². The van der Waals surface area contributed by atoms with E-state index in [0.717, 1.165) is 30.5 Å². The lowest BCUT2D eigenvalue weighted by molar-refractivity contribution is 0.288. The van der Waals surface area contributed by atoms with E-state index in [-0.39, 0.29) is 17.6 Å². The smallest absolute Gasteiger partial charge is 0.202 e. The zero-order chi connectivity index (χ0) is 23.3. The number of rotatable bonds is 8. The Morgan fingerprint density at radius 1 is 0.818 bits per heavy atom. The van der Waals surface area contributed by atoms with Crippen LogP contribution in [0, 0.1) is 11.6 Å². The normalized spacial score (nSPS) is 14.9. The first kappa shape index (κ1) is 23.3. The van der Waals surface area contributed by atoms with Gasteiger partial charge < -0.3 is 0 Å². The highest BCUT2D eigenvalue weighted by atomic mass is 32.2. The molecule has 0 atom stereocenters. The molecule has 1 aliphatic rings. The summed E-state index contributed by atoms with van der Waals surface area (Å²) < 4.78 is 52.5. The number of sulfone groups is 1. The minimum absolute atomic E-state index is 0.0422. The molecule has 0 radical (unpaired) electrons. The summed E-state index contributed by atoms with van der Waals surface area (Å²) in [5.74, 6) is -0.517. The predicted molar refractivity (Wildman–Crippen MR) is 127 cm³/mol. The van der Waals surface area contributed by atoms with Crippen molar-refractivity contribution in [3.05, 3.63) is 113 Å². The lowest BCUT2D eigenvalue weighted by Gasteiger charge is -2.27. The Morgan fingerprint density at radius 2 is 1.39 bits per heavy atom. The van der Waals surface area contributed by atoms with Crippen molar-refractivity contribution in [1.82, 2.24) is 4.90 Å². The lowest BCUT2D eigenvalue weighted by Crippen LogP contribution is -2.31. The van der Waals surface area contributed by atoms with Crippen LogP contribution in [0.4, 0.5) is 8.78 Å². The van der Waals surface area contributed by atoms with Gasteiger partial charge in [-0.2, -0.15) is 0 Å². The number of nitrogens with zero attached hydrogens (tertiary/aromatic N) is 1. The number of hydrogen-bond donors (Lipinski definition) is 0. The monoisotopic (exact) mass is 467 g/mol. The summed E-state index contributed by atoms with van der Waals surface area (Å²) in [6, 6.07) is 21.5. The lowest BCUT2D eigenvalue weighted by atomic mass is 9.87. The molecule has 0 unspecified atom stereocenters. The summed E-state index contributed by atoms with van der Waals surface area (Å²) >= 11 is 0. The first-order valence-corrected chi connectivity index (χ1v) is 12.6. The minimum atomic E-state index is -3.43. The van der Waals surface area contributed by atoms with Gasteiger partial charge in [-0.05, 0) is 73.3 Å². The fraction of sp³-hybridized carbons (Fsp3) is 0.259. The van der Waals surface area contributed by atoms with E-state index in [1.807, 2.05) is 6.08 Å². The first-order valence-electron chi connectivity index (χ1n) is 11.2. The minimum Gasteiger partial charge on any atom is -0.299 e. The van der Waals surface area contributed by atoms with Crippen LogP contribution in [0.3, 0.4) is 0 Å². The van der Waals surface area contributed by atoms with Crippen LogP contribution < -0.4 is 0 Å². The topological polar surface area (TPSA) is 37.4 Å². The molecule has 172 valence electrons. The third-order valence-electron chi connectivity index (χ3n) is 6.16. The summed E-state index contributed by atoms with van der Waals surface area (Å²) in [7, 11) is -3.43. The number of benzene rings is 3. The molecule has 0 fully saturated rings. The van der Waals surface area contributed by atoms with E-state index in [1.54, 1.807) is 54.6 Å². The van der Waals surface area contributed by atoms with Crippen LogP contribution in [0.1, 0.15) is 36.3 Å². The molecule has 4 rings (SSSR count). The third-order valence-corrected chi connectivity index (χ3v) is 8.12. The van der Waals surface area contributed by atoms with Gasteiger partial charge in [0, 0.05) is 23.9 Å². The molecule has 0 saturated carbocycles. The number of hydrogen-bond acceptors (Lipinski definition) is 3. The molecule has 0 N–H and O–H groups in total. The van der Waals surface area contributed by atoms with Crippen molar-refractivity contribution in [2.45, 2.75) is 30.1 Å². The molecule has 1 heterocycles. The molecule has 0 bridgehead atoms. The highest BCUT2D eigenvalue weighted by Crippen LogP contribution is 2.30. The van der Waals surface area contributed by atoms with Crippen molar-refractivity contribution in [1.29, 1.82) is 0 Å². The van der Waals surface area contributed by atoms with Gasteiger partial charge in [0.2, 0.25) is 9.84 Å². The van der Waals surface area contributed by atoms with E-state index in [0.29, 0.717) is 29.3 Å². The van der Waals surface area contributed by atoms with Gasteiger partial charge in [-0.3, -0.25) is 4.90 Å². The van der Waals surface area contributed by atoms with Crippen LogP contribution in [-0.2, 0) is 9.84 Å². The van der Waals surface area contributed by atoms with Gasteiger partial charge in [0.1, 0.15) is 11.6 Å². The van der Waals surface area contributed by atoms with Gasteiger partial charge in [-0.1, -0.05) is 48.5 Å². The second-order valence-electron chi connectivity index (χ2n) is 8.34. The molecule has 0 aliphatic carbocycles. The van der Waals surface area contributed by atoms with E-state index in [2.05, 4.69) is 4.90 Å². The van der Waals surface area contributed by atoms with Gasteiger partial charge >= 0.3 is 0 Å². The van der Waals surface area contributed by atoms with Gasteiger partial charge in [-0.25, -0.2) is 17.2 Å². The van der Waals surface area contributed by atoms with Gasteiger partial charge in [0.15, 0.2) is 0 Å². The SMILES string of the molecule is O=S(=O)(C1=CCN(CCCC(c2ccc(F)cc2)c2ccc(F)cc2)CC1)c1ccccc1. The molecule has 3 aromatic carbocycles. The zero-order valence-corrected chi connectivity index (χ0v) is 19.1. The summed E-state index contributed by atoms with van der Waals surface area (Å²) in [4.78, 5) is 3.07. The highest BCUT2D eigenvalue weighted by molar-refractivity contribution is 7.95. The Labute approximate surface area is 194 Å². The molecule has 0 aromatic heterocycles. The Kier molecular flexibility index (Phi) is 7.36. The predicted octanol–water partition coefficient (Wildman–Crippen LogP) is 5.94. The molecule has 3 nitrogen and oxygen atoms in total. The van der Waals surface area contributed by atoms with Crippen molar-refractivity contribution in [3.8, 4) is 0 Å². The van der Waals surface area contributed by atoms with E-state index < -0.39 is 9.84 Å². The second-order valence-corrected chi connectivity index (χ2v) is 10.3. The van der Waals surface area contributed by atoms with Crippen LogP contribution in [0.2, 0.25) is 0 Å². The average molecular weight is 468 g/mol. The van der Waals surface area contributed by atoms with Crippen molar-refractivity contribution in [3.63, 3.8) is 0 Å².